The molecular formula is C12H13NO3. The third-order valence-corrected chi connectivity index (χ3v) is 2.50. The first-order valence-corrected chi connectivity index (χ1v) is 5.15. The molecule has 1 heterocycles. The Morgan fingerprint density at radius 3 is 3.00 bits per heavy atom. The highest BCUT2D eigenvalue weighted by molar-refractivity contribution is 5.96. The van der Waals surface area contributed by atoms with E-state index < -0.39 is 5.97 Å². The minimum atomic E-state index is -0.844. The highest BCUT2D eigenvalue weighted by Crippen LogP contribution is 2.16. The van der Waals surface area contributed by atoms with Crippen LogP contribution in [0, 0.1) is 6.92 Å². The average molecular weight is 219 g/mol. The molecule has 1 atom stereocenters. The van der Waals surface area contributed by atoms with Gasteiger partial charge >= 0.3 is 5.97 Å². The van der Waals surface area contributed by atoms with Crippen molar-refractivity contribution in [3.8, 4) is 0 Å². The van der Waals surface area contributed by atoms with E-state index in [9.17, 15) is 4.79 Å². The number of aryl methyl sites for hydroxylation is 1. The van der Waals surface area contributed by atoms with E-state index in [1.807, 2.05) is 31.2 Å². The molecule has 1 aromatic carbocycles. The summed E-state index contributed by atoms with van der Waals surface area (Å²) in [6, 6.07) is 7.51. The van der Waals surface area contributed by atoms with Gasteiger partial charge in [0.25, 0.3) is 0 Å². The molecule has 1 aliphatic rings. The lowest BCUT2D eigenvalue weighted by molar-refractivity contribution is -0.137. The van der Waals surface area contributed by atoms with Gasteiger partial charge in [-0.15, -0.1) is 0 Å². The maximum absolute atomic E-state index is 10.5. The predicted molar refractivity (Wildman–Crippen MR) is 59.7 cm³/mol. The zero-order chi connectivity index (χ0) is 11.5. The number of nitrogens with zero attached hydrogens (tertiary/aromatic N) is 1. The first-order chi connectivity index (χ1) is 7.66. The molecule has 4 heteroatoms. The summed E-state index contributed by atoms with van der Waals surface area (Å²) in [6.07, 6.45) is 0.0232. The molecule has 4 nitrogen and oxygen atoms in total. The van der Waals surface area contributed by atoms with Gasteiger partial charge in [-0.2, -0.15) is 0 Å². The average Bonchev–Trinajstić information content (AvgIpc) is 2.66. The van der Waals surface area contributed by atoms with Crippen LogP contribution in [0.2, 0.25) is 0 Å². The minimum Gasteiger partial charge on any atom is -0.481 e. The molecule has 0 fully saturated rings. The number of aliphatic carboxylic acids is 1. The van der Waals surface area contributed by atoms with Crippen molar-refractivity contribution in [3.63, 3.8) is 0 Å². The van der Waals surface area contributed by atoms with Crippen molar-refractivity contribution >= 4 is 11.9 Å². The predicted octanol–water partition coefficient (Wildman–Crippen LogP) is 1.62. The van der Waals surface area contributed by atoms with Crippen LogP contribution in [0.3, 0.4) is 0 Å². The van der Waals surface area contributed by atoms with Crippen LogP contribution < -0.4 is 0 Å². The Hall–Kier alpha value is -1.84. The quantitative estimate of drug-likeness (QED) is 0.840. The minimum absolute atomic E-state index is 0.0232. The Balaban J connectivity index is 2.18. The molecule has 1 aromatic rings. The van der Waals surface area contributed by atoms with E-state index in [1.54, 1.807) is 0 Å². The summed E-state index contributed by atoms with van der Waals surface area (Å²) >= 11 is 0. The van der Waals surface area contributed by atoms with Crippen LogP contribution >= 0.6 is 0 Å². The van der Waals surface area contributed by atoms with E-state index in [-0.39, 0.29) is 12.5 Å². The molecule has 1 unspecified atom stereocenters. The topological polar surface area (TPSA) is 58.9 Å². The number of hydrogen-bond donors (Lipinski definition) is 1. The molecule has 84 valence electrons. The van der Waals surface area contributed by atoms with Gasteiger partial charge < -0.3 is 9.84 Å². The summed E-state index contributed by atoms with van der Waals surface area (Å²) in [5.74, 6) is -0.285. The number of rotatable bonds is 3. The largest absolute Gasteiger partial charge is 0.481 e. The van der Waals surface area contributed by atoms with Crippen molar-refractivity contribution in [1.82, 2.24) is 0 Å². The van der Waals surface area contributed by atoms with E-state index in [2.05, 4.69) is 4.99 Å². The molecule has 0 aliphatic carbocycles. The number of carboxylic acids is 1. The number of aliphatic imine (C=N–C) groups is 1. The summed E-state index contributed by atoms with van der Waals surface area (Å²) in [6.45, 7) is 2.34. The van der Waals surface area contributed by atoms with E-state index in [1.165, 1.54) is 0 Å². The smallest absolute Gasteiger partial charge is 0.305 e. The zero-order valence-corrected chi connectivity index (χ0v) is 9.01. The van der Waals surface area contributed by atoms with Crippen molar-refractivity contribution in [2.75, 3.05) is 6.61 Å². The second-order valence-electron chi connectivity index (χ2n) is 3.81. The number of hydrogen-bond acceptors (Lipinski definition) is 3. The van der Waals surface area contributed by atoms with Gasteiger partial charge in [0.2, 0.25) is 5.90 Å². The van der Waals surface area contributed by atoms with E-state index in [4.69, 9.17) is 9.84 Å². The molecule has 0 spiro atoms. The zero-order valence-electron chi connectivity index (χ0n) is 9.01. The molecule has 0 radical (unpaired) electrons. The lowest BCUT2D eigenvalue weighted by atomic mass is 10.1. The Labute approximate surface area is 93.6 Å². The highest BCUT2D eigenvalue weighted by Gasteiger charge is 2.22. The lowest BCUT2D eigenvalue weighted by Crippen LogP contribution is -2.12. The first-order valence-electron chi connectivity index (χ1n) is 5.15. The third-order valence-electron chi connectivity index (χ3n) is 2.50. The fourth-order valence-electron chi connectivity index (χ4n) is 1.68. The number of carboxylic acid groups (broad SMARTS) is 1. The van der Waals surface area contributed by atoms with Crippen LogP contribution in [0.15, 0.2) is 29.3 Å². The van der Waals surface area contributed by atoms with Crippen LogP contribution in [-0.4, -0.2) is 29.6 Å². The monoisotopic (exact) mass is 219 g/mol. The molecule has 0 saturated carbocycles. The van der Waals surface area contributed by atoms with Crippen molar-refractivity contribution in [2.45, 2.75) is 19.4 Å². The van der Waals surface area contributed by atoms with Gasteiger partial charge in [0, 0.05) is 5.56 Å². The van der Waals surface area contributed by atoms with Crippen LogP contribution in [0.4, 0.5) is 0 Å². The van der Waals surface area contributed by atoms with E-state index in [0.29, 0.717) is 12.5 Å². The van der Waals surface area contributed by atoms with Crippen molar-refractivity contribution in [1.29, 1.82) is 0 Å². The number of benzene rings is 1. The standard InChI is InChI=1S/C12H13NO3/c1-8-4-2-3-5-10(8)12-13-9(7-16-12)6-11(14)15/h2-5,9H,6-7H2,1H3,(H,14,15). The summed E-state index contributed by atoms with van der Waals surface area (Å²) in [4.78, 5) is 14.8. The Morgan fingerprint density at radius 1 is 1.56 bits per heavy atom. The van der Waals surface area contributed by atoms with Gasteiger partial charge in [-0.1, -0.05) is 18.2 Å². The van der Waals surface area contributed by atoms with Crippen LogP contribution in [0.5, 0.6) is 0 Å². The Morgan fingerprint density at radius 2 is 2.31 bits per heavy atom. The third kappa shape index (κ3) is 2.21. The SMILES string of the molecule is Cc1ccccc1C1=NC(CC(=O)O)CO1. The fraction of sp³-hybridized carbons (Fsp3) is 0.333. The van der Waals surface area contributed by atoms with Crippen LogP contribution in [0.1, 0.15) is 17.5 Å². The van der Waals surface area contributed by atoms with Gasteiger partial charge in [-0.3, -0.25) is 4.79 Å². The Bertz CT molecular complexity index is 440. The van der Waals surface area contributed by atoms with Gasteiger partial charge in [-0.25, -0.2) is 4.99 Å². The summed E-state index contributed by atoms with van der Waals surface area (Å²) < 4.78 is 5.42. The maximum atomic E-state index is 10.5. The second-order valence-corrected chi connectivity index (χ2v) is 3.81. The summed E-state index contributed by atoms with van der Waals surface area (Å²) in [5.41, 5.74) is 2.02. The summed E-state index contributed by atoms with van der Waals surface area (Å²) in [7, 11) is 0. The summed E-state index contributed by atoms with van der Waals surface area (Å²) in [5, 5.41) is 8.66. The van der Waals surface area contributed by atoms with Crippen LogP contribution in [-0.2, 0) is 9.53 Å². The molecule has 0 bridgehead atoms. The Kier molecular flexibility index (Phi) is 2.90. The van der Waals surface area contributed by atoms with Gasteiger partial charge in [0.15, 0.2) is 0 Å². The molecule has 1 aliphatic heterocycles. The molecule has 2 rings (SSSR count). The molecular weight excluding hydrogens is 206 g/mol. The molecule has 1 N–H and O–H groups in total. The number of carbonyl (C=O) groups is 1. The molecule has 0 saturated heterocycles. The van der Waals surface area contributed by atoms with E-state index >= 15 is 0 Å². The fourth-order valence-corrected chi connectivity index (χ4v) is 1.68. The first kappa shape index (κ1) is 10.7. The van der Waals surface area contributed by atoms with Crippen molar-refractivity contribution in [3.05, 3.63) is 35.4 Å². The molecule has 16 heavy (non-hydrogen) atoms. The normalized spacial score (nSPS) is 19.1. The van der Waals surface area contributed by atoms with Crippen molar-refractivity contribution in [2.24, 2.45) is 4.99 Å². The van der Waals surface area contributed by atoms with Gasteiger partial charge in [-0.05, 0) is 18.6 Å². The second kappa shape index (κ2) is 4.35. The van der Waals surface area contributed by atoms with E-state index in [0.717, 1.165) is 11.1 Å². The van der Waals surface area contributed by atoms with Gasteiger partial charge in [0.1, 0.15) is 6.61 Å². The highest BCUT2D eigenvalue weighted by atomic mass is 16.5. The lowest BCUT2D eigenvalue weighted by Gasteiger charge is -2.03. The molecule has 0 amide bonds. The van der Waals surface area contributed by atoms with Gasteiger partial charge in [0.05, 0.1) is 12.5 Å². The van der Waals surface area contributed by atoms with Crippen molar-refractivity contribution < 1.29 is 14.6 Å². The number of ether oxygens (including phenoxy) is 1. The maximum Gasteiger partial charge on any atom is 0.305 e. The molecule has 0 aromatic heterocycles. The van der Waals surface area contributed by atoms with Crippen LogP contribution in [0.25, 0.3) is 0 Å².